The van der Waals surface area contributed by atoms with Gasteiger partial charge in [-0.2, -0.15) is 0 Å². The Kier molecular flexibility index (Phi) is 4.35. The monoisotopic (exact) mass is 367 g/mol. The Hall–Kier alpha value is -3.22. The number of carbonyl (C=O) groups is 2. The Bertz CT molecular complexity index is 912. The minimum absolute atomic E-state index is 0.00721. The fourth-order valence-corrected chi connectivity index (χ4v) is 3.39. The zero-order valence-corrected chi connectivity index (χ0v) is 15.3. The second-order valence-corrected chi connectivity index (χ2v) is 6.66. The maximum atomic E-state index is 12.7. The number of methoxy groups -OCH3 is 1. The number of anilines is 2. The lowest BCUT2D eigenvalue weighted by atomic mass is 10.00. The van der Waals surface area contributed by atoms with Crippen LogP contribution in [-0.2, 0) is 17.8 Å². The molecule has 2 aromatic carbocycles. The molecule has 1 N–H and O–H groups in total. The van der Waals surface area contributed by atoms with Crippen LogP contribution in [0.2, 0.25) is 0 Å². The van der Waals surface area contributed by atoms with Gasteiger partial charge < -0.3 is 24.6 Å². The lowest BCUT2D eigenvalue weighted by Gasteiger charge is -2.30. The van der Waals surface area contributed by atoms with E-state index in [0.29, 0.717) is 30.2 Å². The van der Waals surface area contributed by atoms with Gasteiger partial charge in [-0.05, 0) is 41.8 Å². The molecule has 2 aromatic rings. The van der Waals surface area contributed by atoms with Gasteiger partial charge in [0.15, 0.2) is 6.61 Å². The molecule has 0 aromatic heterocycles. The first-order valence-corrected chi connectivity index (χ1v) is 8.80. The Morgan fingerprint density at radius 3 is 2.85 bits per heavy atom. The second-order valence-electron chi connectivity index (χ2n) is 6.66. The summed E-state index contributed by atoms with van der Waals surface area (Å²) in [4.78, 5) is 27.7. The van der Waals surface area contributed by atoms with E-state index in [1.165, 1.54) is 5.56 Å². The summed E-state index contributed by atoms with van der Waals surface area (Å²) in [6.07, 6.45) is 0.792. The molecule has 2 aliphatic heterocycles. The summed E-state index contributed by atoms with van der Waals surface area (Å²) in [6, 6.07) is 11.1. The highest BCUT2D eigenvalue weighted by molar-refractivity contribution is 5.98. The molecule has 0 fully saturated rings. The minimum atomic E-state index is -0.156. The van der Waals surface area contributed by atoms with Crippen LogP contribution in [-0.4, -0.2) is 44.1 Å². The van der Waals surface area contributed by atoms with E-state index in [9.17, 15) is 9.59 Å². The number of benzene rings is 2. The van der Waals surface area contributed by atoms with Crippen molar-refractivity contribution in [3.05, 3.63) is 47.5 Å². The van der Waals surface area contributed by atoms with Gasteiger partial charge >= 0.3 is 6.03 Å². The van der Waals surface area contributed by atoms with Crippen LogP contribution in [0.3, 0.4) is 0 Å². The summed E-state index contributed by atoms with van der Waals surface area (Å²) in [6.45, 7) is 1.21. The summed E-state index contributed by atoms with van der Waals surface area (Å²) < 4.78 is 10.7. The van der Waals surface area contributed by atoms with Crippen molar-refractivity contribution in [2.24, 2.45) is 0 Å². The lowest BCUT2D eigenvalue weighted by Crippen LogP contribution is -2.39. The van der Waals surface area contributed by atoms with Gasteiger partial charge in [0.2, 0.25) is 0 Å². The van der Waals surface area contributed by atoms with Crippen LogP contribution in [0.4, 0.5) is 16.2 Å². The van der Waals surface area contributed by atoms with Crippen LogP contribution < -0.4 is 19.7 Å². The molecule has 4 rings (SSSR count). The topological polar surface area (TPSA) is 71.1 Å². The highest BCUT2D eigenvalue weighted by Gasteiger charge is 2.24. The Morgan fingerprint density at radius 1 is 1.19 bits per heavy atom. The van der Waals surface area contributed by atoms with Crippen molar-refractivity contribution in [1.82, 2.24) is 4.90 Å². The highest BCUT2D eigenvalue weighted by atomic mass is 16.5. The van der Waals surface area contributed by atoms with Crippen molar-refractivity contribution < 1.29 is 19.1 Å². The van der Waals surface area contributed by atoms with Crippen LogP contribution >= 0.6 is 0 Å². The number of ether oxygens (including phenoxy) is 2. The molecule has 2 aliphatic rings. The number of nitrogens with zero attached hydrogens (tertiary/aromatic N) is 2. The first-order chi connectivity index (χ1) is 13.0. The van der Waals surface area contributed by atoms with Crippen molar-refractivity contribution in [3.63, 3.8) is 0 Å². The number of likely N-dealkylation sites (N-methyl/N-ethyl adjacent to an activating group) is 1. The summed E-state index contributed by atoms with van der Waals surface area (Å²) in [5, 5.41) is 2.92. The number of carbonyl (C=O) groups excluding carboxylic acids is 2. The number of amides is 3. The van der Waals surface area contributed by atoms with E-state index in [1.54, 1.807) is 42.2 Å². The zero-order chi connectivity index (χ0) is 19.0. The minimum Gasteiger partial charge on any atom is -0.497 e. The van der Waals surface area contributed by atoms with Crippen molar-refractivity contribution in [2.75, 3.05) is 37.5 Å². The standard InChI is InChI=1S/C20H21N3O4/c1-22-17-6-4-15(10-18(17)27-12-19(22)24)21-20(25)23-8-7-13-9-16(26-2)5-3-14(13)11-23/h3-6,9-10H,7-8,11-12H2,1-2H3,(H,21,25). The third-order valence-corrected chi connectivity index (χ3v) is 5.01. The van der Waals surface area contributed by atoms with Crippen molar-refractivity contribution in [2.45, 2.75) is 13.0 Å². The van der Waals surface area contributed by atoms with Crippen molar-refractivity contribution in [3.8, 4) is 11.5 Å². The zero-order valence-electron chi connectivity index (χ0n) is 15.3. The van der Waals surface area contributed by atoms with Gasteiger partial charge in [-0.25, -0.2) is 4.79 Å². The van der Waals surface area contributed by atoms with E-state index in [4.69, 9.17) is 9.47 Å². The van der Waals surface area contributed by atoms with E-state index in [-0.39, 0.29) is 18.5 Å². The predicted molar refractivity (Wildman–Crippen MR) is 101 cm³/mol. The molecule has 0 saturated heterocycles. The van der Waals surface area contributed by atoms with Gasteiger partial charge in [0, 0.05) is 31.9 Å². The third-order valence-electron chi connectivity index (χ3n) is 5.01. The molecule has 140 valence electrons. The molecule has 0 aliphatic carbocycles. The molecule has 7 heteroatoms. The fraction of sp³-hybridized carbons (Fsp3) is 0.300. The van der Waals surface area contributed by atoms with E-state index in [1.807, 2.05) is 18.2 Å². The molecule has 0 atom stereocenters. The molecule has 0 bridgehead atoms. The first-order valence-electron chi connectivity index (χ1n) is 8.80. The molecular weight excluding hydrogens is 346 g/mol. The number of urea groups is 1. The van der Waals surface area contributed by atoms with Gasteiger partial charge in [-0.15, -0.1) is 0 Å². The predicted octanol–water partition coefficient (Wildman–Crippen LogP) is 2.64. The maximum absolute atomic E-state index is 12.7. The quantitative estimate of drug-likeness (QED) is 0.886. The van der Waals surface area contributed by atoms with E-state index >= 15 is 0 Å². The molecule has 0 radical (unpaired) electrons. The average molecular weight is 367 g/mol. The van der Waals surface area contributed by atoms with Gasteiger partial charge in [0.05, 0.1) is 12.8 Å². The van der Waals surface area contributed by atoms with E-state index in [2.05, 4.69) is 5.32 Å². The number of nitrogens with one attached hydrogen (secondary N) is 1. The molecule has 7 nitrogen and oxygen atoms in total. The van der Waals surface area contributed by atoms with Crippen LogP contribution in [0.1, 0.15) is 11.1 Å². The van der Waals surface area contributed by atoms with Crippen LogP contribution in [0.15, 0.2) is 36.4 Å². The van der Waals surface area contributed by atoms with Crippen molar-refractivity contribution in [1.29, 1.82) is 0 Å². The molecule has 0 spiro atoms. The van der Waals surface area contributed by atoms with Gasteiger partial charge in [-0.1, -0.05) is 6.07 Å². The summed E-state index contributed by atoms with van der Waals surface area (Å²) in [7, 11) is 3.36. The van der Waals surface area contributed by atoms with Crippen LogP contribution in [0.25, 0.3) is 0 Å². The van der Waals surface area contributed by atoms with Crippen molar-refractivity contribution >= 4 is 23.3 Å². The molecule has 3 amide bonds. The highest BCUT2D eigenvalue weighted by Crippen LogP contribution is 2.34. The Labute approximate surface area is 157 Å². The largest absolute Gasteiger partial charge is 0.497 e. The fourth-order valence-electron chi connectivity index (χ4n) is 3.39. The number of hydrogen-bond donors (Lipinski definition) is 1. The summed E-state index contributed by atoms with van der Waals surface area (Å²) in [5.41, 5.74) is 3.69. The SMILES string of the molecule is COc1ccc2c(c1)CCN(C(=O)Nc1ccc3c(c1)OCC(=O)N3C)C2. The summed E-state index contributed by atoms with van der Waals surface area (Å²) in [5.74, 6) is 1.33. The van der Waals surface area contributed by atoms with Crippen LogP contribution in [0, 0.1) is 0 Å². The normalized spacial score (nSPS) is 15.6. The molecule has 2 heterocycles. The average Bonchev–Trinajstić information content (AvgIpc) is 2.70. The number of hydrogen-bond acceptors (Lipinski definition) is 4. The Morgan fingerprint density at radius 2 is 2.04 bits per heavy atom. The molecule has 0 saturated carbocycles. The van der Waals surface area contributed by atoms with E-state index in [0.717, 1.165) is 17.7 Å². The third kappa shape index (κ3) is 3.28. The maximum Gasteiger partial charge on any atom is 0.322 e. The lowest BCUT2D eigenvalue weighted by molar-refractivity contribution is -0.120. The van der Waals surface area contributed by atoms with Gasteiger partial charge in [-0.3, -0.25) is 4.79 Å². The number of fused-ring (bicyclic) bond motifs is 2. The van der Waals surface area contributed by atoms with Crippen LogP contribution in [0.5, 0.6) is 11.5 Å². The molecule has 0 unspecified atom stereocenters. The molecule has 27 heavy (non-hydrogen) atoms. The second kappa shape index (κ2) is 6.83. The first kappa shape index (κ1) is 17.2. The number of rotatable bonds is 2. The van der Waals surface area contributed by atoms with E-state index < -0.39 is 0 Å². The summed E-state index contributed by atoms with van der Waals surface area (Å²) >= 11 is 0. The van der Waals surface area contributed by atoms with Gasteiger partial charge in [0.1, 0.15) is 11.5 Å². The smallest absolute Gasteiger partial charge is 0.322 e. The molecular formula is C20H21N3O4. The van der Waals surface area contributed by atoms with Gasteiger partial charge in [0.25, 0.3) is 5.91 Å². The Balaban J connectivity index is 1.46.